The Balaban J connectivity index is 3.05. The zero-order valence-corrected chi connectivity index (χ0v) is 14.0. The van der Waals surface area contributed by atoms with Crippen LogP contribution < -0.4 is 5.32 Å². The highest BCUT2D eigenvalue weighted by atomic mass is 35.5. The summed E-state index contributed by atoms with van der Waals surface area (Å²) in [7, 11) is 0. The highest BCUT2D eigenvalue weighted by Crippen LogP contribution is 2.33. The number of nitrogens with zero attached hydrogens (tertiary/aromatic N) is 1. The molecule has 0 atom stereocenters. The Morgan fingerprint density at radius 3 is 2.46 bits per heavy atom. The first-order valence-electron chi connectivity index (χ1n) is 7.27. The molecule has 0 saturated heterocycles. The Bertz CT molecular complexity index is 606. The number of benzene rings is 1. The lowest BCUT2D eigenvalue weighted by Gasteiger charge is -2.20. The largest absolute Gasteiger partial charge is 0.416 e. The van der Waals surface area contributed by atoms with Crippen molar-refractivity contribution in [1.82, 2.24) is 5.32 Å². The van der Waals surface area contributed by atoms with Crippen molar-refractivity contribution in [3.63, 3.8) is 0 Å². The van der Waals surface area contributed by atoms with Crippen molar-refractivity contribution < 1.29 is 22.6 Å². The van der Waals surface area contributed by atoms with Gasteiger partial charge in [0.2, 0.25) is 0 Å². The summed E-state index contributed by atoms with van der Waals surface area (Å²) < 4.78 is 49.3. The lowest BCUT2D eigenvalue weighted by Crippen LogP contribution is -2.31. The highest BCUT2D eigenvalue weighted by Gasteiger charge is 2.31. The van der Waals surface area contributed by atoms with Gasteiger partial charge in [0.15, 0.2) is 6.29 Å². The number of rotatable bonds is 8. The topological polar surface area (TPSA) is 54.3 Å². The lowest BCUT2D eigenvalue weighted by atomic mass is 10.1. The maximum Gasteiger partial charge on any atom is 0.416 e. The van der Waals surface area contributed by atoms with E-state index in [0.717, 1.165) is 24.3 Å². The van der Waals surface area contributed by atoms with Crippen LogP contribution in [0.4, 0.5) is 13.2 Å². The molecule has 1 rings (SSSR count). The van der Waals surface area contributed by atoms with Crippen LogP contribution in [-0.2, 0) is 15.7 Å². The molecule has 0 aliphatic heterocycles. The van der Waals surface area contributed by atoms with E-state index in [1.54, 1.807) is 19.9 Å². The quantitative estimate of drug-likeness (QED) is 0.556. The van der Waals surface area contributed by atoms with Gasteiger partial charge in [0, 0.05) is 29.9 Å². The number of nitrogens with one attached hydrogen (secondary N) is 1. The molecule has 0 radical (unpaired) electrons. The predicted molar refractivity (Wildman–Crippen MR) is 85.1 cm³/mol. The summed E-state index contributed by atoms with van der Waals surface area (Å²) in [5, 5.41) is 11.9. The van der Waals surface area contributed by atoms with Crippen LogP contribution in [0.25, 0.3) is 5.70 Å². The van der Waals surface area contributed by atoms with Crippen LogP contribution in [0, 0.1) is 11.3 Å². The zero-order valence-electron chi connectivity index (χ0n) is 13.3. The Morgan fingerprint density at radius 2 is 1.96 bits per heavy atom. The molecule has 1 aromatic rings. The van der Waals surface area contributed by atoms with Crippen molar-refractivity contribution in [3.8, 4) is 6.07 Å². The second-order valence-electron chi connectivity index (χ2n) is 4.60. The third-order valence-electron chi connectivity index (χ3n) is 2.96. The Labute approximate surface area is 143 Å². The monoisotopic (exact) mass is 362 g/mol. The first-order valence-corrected chi connectivity index (χ1v) is 7.65. The minimum Gasteiger partial charge on any atom is -0.379 e. The van der Waals surface area contributed by atoms with Crippen molar-refractivity contribution in [2.75, 3.05) is 19.8 Å². The first-order chi connectivity index (χ1) is 11.3. The summed E-state index contributed by atoms with van der Waals surface area (Å²) in [4.78, 5) is 0. The molecule has 1 aromatic carbocycles. The van der Waals surface area contributed by atoms with E-state index in [0.29, 0.717) is 13.2 Å². The number of halogens is 4. The predicted octanol–water partition coefficient (Wildman–Crippen LogP) is 4.21. The summed E-state index contributed by atoms with van der Waals surface area (Å²) in [6.07, 6.45) is -4.00. The van der Waals surface area contributed by atoms with Gasteiger partial charge in [0.25, 0.3) is 0 Å². The molecule has 0 fully saturated rings. The molecule has 0 amide bonds. The molecule has 24 heavy (non-hydrogen) atoms. The molecule has 0 aliphatic rings. The van der Waals surface area contributed by atoms with Crippen LogP contribution in [-0.4, -0.2) is 26.0 Å². The fourth-order valence-electron chi connectivity index (χ4n) is 1.93. The molecule has 0 spiro atoms. The molecule has 8 heteroatoms. The summed E-state index contributed by atoms with van der Waals surface area (Å²) in [5.74, 6) is 0. The summed E-state index contributed by atoms with van der Waals surface area (Å²) in [6.45, 7) is 4.56. The van der Waals surface area contributed by atoms with E-state index in [-0.39, 0.29) is 22.8 Å². The van der Waals surface area contributed by atoms with Crippen molar-refractivity contribution >= 4 is 17.3 Å². The van der Waals surface area contributed by atoms with Crippen LogP contribution in [0.2, 0.25) is 5.02 Å². The van der Waals surface area contributed by atoms with E-state index in [1.165, 1.54) is 0 Å². The average Bonchev–Trinajstić information content (AvgIpc) is 2.51. The van der Waals surface area contributed by atoms with E-state index in [1.807, 2.05) is 0 Å². The Morgan fingerprint density at radius 1 is 1.33 bits per heavy atom. The van der Waals surface area contributed by atoms with Crippen molar-refractivity contribution in [2.24, 2.45) is 0 Å². The number of hydrogen-bond donors (Lipinski definition) is 1. The van der Waals surface area contributed by atoms with Crippen molar-refractivity contribution in [2.45, 2.75) is 26.3 Å². The van der Waals surface area contributed by atoms with E-state index < -0.39 is 18.0 Å². The molecule has 0 unspecified atom stereocenters. The number of hydrogen-bond acceptors (Lipinski definition) is 4. The molecule has 1 N–H and O–H groups in total. The van der Waals surface area contributed by atoms with E-state index >= 15 is 0 Å². The van der Waals surface area contributed by atoms with Crippen LogP contribution in [0.15, 0.2) is 24.3 Å². The number of allylic oxidation sites excluding steroid dienone is 1. The maximum atomic E-state index is 12.9. The smallest absolute Gasteiger partial charge is 0.379 e. The first kappa shape index (κ1) is 20.3. The highest BCUT2D eigenvalue weighted by molar-refractivity contribution is 6.32. The maximum absolute atomic E-state index is 12.9. The summed E-state index contributed by atoms with van der Waals surface area (Å²) in [6, 6.07) is 4.73. The number of alkyl halides is 3. The van der Waals surface area contributed by atoms with Crippen LogP contribution in [0.3, 0.4) is 0 Å². The van der Waals surface area contributed by atoms with Crippen LogP contribution >= 0.6 is 11.6 Å². The van der Waals surface area contributed by atoms with Gasteiger partial charge in [0.1, 0.15) is 0 Å². The number of nitriles is 1. The minimum absolute atomic E-state index is 0.0831. The van der Waals surface area contributed by atoms with Gasteiger partial charge in [-0.15, -0.1) is 0 Å². The van der Waals surface area contributed by atoms with Gasteiger partial charge in [-0.1, -0.05) is 11.6 Å². The standard InChI is InChI=1S/C16H18ClF3N2O2/c1-3-23-15(24-4-2)10-22-14(7-8-21)12-9-11(16(18,19)20)5-6-13(12)17/h5-7,9,15,22H,3-4,10H2,1-2H3/b14-7-. The molecule has 0 heterocycles. The fourth-order valence-corrected chi connectivity index (χ4v) is 2.15. The lowest BCUT2D eigenvalue weighted by molar-refractivity contribution is -0.137. The van der Waals surface area contributed by atoms with E-state index in [2.05, 4.69) is 5.32 Å². The van der Waals surface area contributed by atoms with Gasteiger partial charge in [-0.25, -0.2) is 0 Å². The van der Waals surface area contributed by atoms with Gasteiger partial charge in [0.05, 0.1) is 23.9 Å². The Hall–Kier alpha value is -1.75. The molecule has 4 nitrogen and oxygen atoms in total. The third-order valence-corrected chi connectivity index (χ3v) is 3.29. The zero-order chi connectivity index (χ0) is 18.2. The van der Waals surface area contributed by atoms with Gasteiger partial charge in [-0.05, 0) is 32.0 Å². The summed E-state index contributed by atoms with van der Waals surface area (Å²) >= 11 is 5.99. The van der Waals surface area contributed by atoms with Gasteiger partial charge < -0.3 is 14.8 Å². The third kappa shape index (κ3) is 6.04. The van der Waals surface area contributed by atoms with Crippen molar-refractivity contribution in [3.05, 3.63) is 40.4 Å². The fraction of sp³-hybridized carbons (Fsp3) is 0.438. The Kier molecular flexibility index (Phi) is 8.05. The molecule has 0 aliphatic carbocycles. The summed E-state index contributed by atoms with van der Waals surface area (Å²) in [5.41, 5.74) is -0.600. The molecule has 0 bridgehead atoms. The van der Waals surface area contributed by atoms with Crippen LogP contribution in [0.5, 0.6) is 0 Å². The van der Waals surface area contributed by atoms with Crippen LogP contribution in [0.1, 0.15) is 25.0 Å². The second kappa shape index (κ2) is 9.52. The average molecular weight is 363 g/mol. The number of ether oxygens (including phenoxy) is 2. The van der Waals surface area contributed by atoms with Gasteiger partial charge in [-0.3, -0.25) is 0 Å². The van der Waals surface area contributed by atoms with E-state index in [9.17, 15) is 13.2 Å². The molecule has 132 valence electrons. The molecule has 0 aromatic heterocycles. The van der Waals surface area contributed by atoms with Crippen molar-refractivity contribution in [1.29, 1.82) is 5.26 Å². The van der Waals surface area contributed by atoms with E-state index in [4.69, 9.17) is 26.3 Å². The normalized spacial score (nSPS) is 12.3. The molecular formula is C16H18ClF3N2O2. The van der Waals surface area contributed by atoms with Gasteiger partial charge >= 0.3 is 6.18 Å². The molecular weight excluding hydrogens is 345 g/mol. The van der Waals surface area contributed by atoms with Gasteiger partial charge in [-0.2, -0.15) is 18.4 Å². The minimum atomic E-state index is -4.50. The molecule has 0 saturated carbocycles. The SMILES string of the molecule is CCOC(CN/C(=C\C#N)c1cc(C(F)(F)F)ccc1Cl)OCC. The second-order valence-corrected chi connectivity index (χ2v) is 5.01.